The molecule has 2 aromatic rings. The third kappa shape index (κ3) is 3.21. The van der Waals surface area contributed by atoms with Crippen LogP contribution in [0.15, 0.2) is 30.3 Å². The molecule has 0 saturated heterocycles. The molecule has 0 spiro atoms. The zero-order valence-electron chi connectivity index (χ0n) is 10.3. The molecule has 0 aliphatic carbocycles. The molecule has 86 valence electrons. The van der Waals surface area contributed by atoms with Gasteiger partial charge in [-0.2, -0.15) is 0 Å². The Balaban J connectivity index is 0.000000386. The number of benzene rings is 1. The van der Waals surface area contributed by atoms with E-state index in [0.717, 1.165) is 22.8 Å². The molecule has 1 heterocycles. The third-order valence-electron chi connectivity index (χ3n) is 2.18. The second-order valence-corrected chi connectivity index (χ2v) is 3.66. The number of aromatic amines is 1. The van der Waals surface area contributed by atoms with Crippen LogP contribution < -0.4 is 5.32 Å². The summed E-state index contributed by atoms with van der Waals surface area (Å²) in [5.74, 6) is 0.954. The maximum Gasteiger partial charge on any atom is 0.137 e. The second-order valence-electron chi connectivity index (χ2n) is 3.66. The average molecular weight is 217 g/mol. The summed E-state index contributed by atoms with van der Waals surface area (Å²) in [6.45, 7) is 4.05. The lowest BCUT2D eigenvalue weighted by molar-refractivity contribution is 1.02. The molecule has 1 aromatic heterocycles. The maximum absolute atomic E-state index is 4.42. The molecule has 0 fully saturated rings. The van der Waals surface area contributed by atoms with Crippen molar-refractivity contribution in [2.75, 3.05) is 14.1 Å². The van der Waals surface area contributed by atoms with Crippen LogP contribution in [-0.4, -0.2) is 24.1 Å². The highest BCUT2D eigenvalue weighted by Gasteiger charge is 2.03. The highest BCUT2D eigenvalue weighted by molar-refractivity contribution is 5.55. The highest BCUT2D eigenvalue weighted by atomic mass is 14.9. The zero-order valence-corrected chi connectivity index (χ0v) is 10.3. The SMILES string of the molecule is CNC.Cc1nc(-c2ccccc2)[nH]c1C. The van der Waals surface area contributed by atoms with Gasteiger partial charge in [0.15, 0.2) is 0 Å². The molecule has 0 radical (unpaired) electrons. The fourth-order valence-corrected chi connectivity index (χ4v) is 1.28. The third-order valence-corrected chi connectivity index (χ3v) is 2.18. The van der Waals surface area contributed by atoms with Gasteiger partial charge in [-0.1, -0.05) is 30.3 Å². The molecule has 2 rings (SSSR count). The first-order chi connectivity index (χ1) is 7.69. The van der Waals surface area contributed by atoms with Crippen LogP contribution in [-0.2, 0) is 0 Å². The first kappa shape index (κ1) is 12.5. The van der Waals surface area contributed by atoms with Gasteiger partial charge in [0.2, 0.25) is 0 Å². The van der Waals surface area contributed by atoms with Crippen molar-refractivity contribution in [2.45, 2.75) is 13.8 Å². The van der Waals surface area contributed by atoms with Gasteiger partial charge in [-0.05, 0) is 27.9 Å². The number of imidazole rings is 1. The number of aromatic nitrogens is 2. The largest absolute Gasteiger partial charge is 0.342 e. The number of H-pyrrole nitrogens is 1. The lowest BCUT2D eigenvalue weighted by Gasteiger charge is -1.93. The van der Waals surface area contributed by atoms with Gasteiger partial charge in [0, 0.05) is 11.3 Å². The van der Waals surface area contributed by atoms with Crippen molar-refractivity contribution in [3.8, 4) is 11.4 Å². The summed E-state index contributed by atoms with van der Waals surface area (Å²) in [5.41, 5.74) is 3.34. The van der Waals surface area contributed by atoms with Crippen LogP contribution in [0.4, 0.5) is 0 Å². The normalized spacial score (nSPS) is 9.50. The van der Waals surface area contributed by atoms with Crippen molar-refractivity contribution >= 4 is 0 Å². The van der Waals surface area contributed by atoms with Gasteiger partial charge in [-0.15, -0.1) is 0 Å². The van der Waals surface area contributed by atoms with Crippen LogP contribution in [0.25, 0.3) is 11.4 Å². The lowest BCUT2D eigenvalue weighted by atomic mass is 10.2. The van der Waals surface area contributed by atoms with E-state index in [2.05, 4.69) is 27.4 Å². The Morgan fingerprint density at radius 2 is 1.62 bits per heavy atom. The summed E-state index contributed by atoms with van der Waals surface area (Å²) < 4.78 is 0. The summed E-state index contributed by atoms with van der Waals surface area (Å²) in [4.78, 5) is 7.67. The molecule has 0 bridgehead atoms. The molecule has 16 heavy (non-hydrogen) atoms. The fraction of sp³-hybridized carbons (Fsp3) is 0.308. The molecule has 0 amide bonds. The molecule has 1 aromatic carbocycles. The van der Waals surface area contributed by atoms with E-state index < -0.39 is 0 Å². The summed E-state index contributed by atoms with van der Waals surface area (Å²) in [6, 6.07) is 10.1. The molecule has 3 nitrogen and oxygen atoms in total. The molecule has 0 unspecified atom stereocenters. The zero-order chi connectivity index (χ0) is 12.0. The Morgan fingerprint density at radius 1 is 1.06 bits per heavy atom. The van der Waals surface area contributed by atoms with Crippen LogP contribution in [0.2, 0.25) is 0 Å². The number of hydrogen-bond acceptors (Lipinski definition) is 2. The van der Waals surface area contributed by atoms with Gasteiger partial charge < -0.3 is 10.3 Å². The summed E-state index contributed by atoms with van der Waals surface area (Å²) >= 11 is 0. The second kappa shape index (κ2) is 6.08. The maximum atomic E-state index is 4.42. The van der Waals surface area contributed by atoms with Crippen molar-refractivity contribution < 1.29 is 0 Å². The Hall–Kier alpha value is -1.61. The van der Waals surface area contributed by atoms with Gasteiger partial charge in [-0.25, -0.2) is 4.98 Å². The van der Waals surface area contributed by atoms with Crippen LogP contribution in [0.3, 0.4) is 0 Å². The smallest absolute Gasteiger partial charge is 0.137 e. The van der Waals surface area contributed by atoms with Crippen molar-refractivity contribution in [3.05, 3.63) is 41.7 Å². The number of nitrogens with one attached hydrogen (secondary N) is 2. The number of nitrogens with zero attached hydrogens (tertiary/aromatic N) is 1. The standard InChI is InChI=1S/C11H12N2.C2H7N/c1-8-9(2)13-11(12-8)10-6-4-3-5-7-10;1-3-2/h3-7H,1-2H3,(H,12,13);3H,1-2H3. The Labute approximate surface area is 96.9 Å². The van der Waals surface area contributed by atoms with Gasteiger partial charge >= 0.3 is 0 Å². The van der Waals surface area contributed by atoms with Gasteiger partial charge in [-0.3, -0.25) is 0 Å². The Kier molecular flexibility index (Phi) is 4.73. The van der Waals surface area contributed by atoms with Gasteiger partial charge in [0.25, 0.3) is 0 Å². The predicted molar refractivity (Wildman–Crippen MR) is 68.5 cm³/mol. The number of aryl methyl sites for hydroxylation is 2. The number of rotatable bonds is 1. The molecular formula is C13H19N3. The van der Waals surface area contributed by atoms with E-state index in [1.807, 2.05) is 46.1 Å². The molecule has 2 N–H and O–H groups in total. The van der Waals surface area contributed by atoms with E-state index in [0.29, 0.717) is 0 Å². The minimum atomic E-state index is 0.954. The molecule has 0 aliphatic heterocycles. The van der Waals surface area contributed by atoms with Crippen LogP contribution in [0.5, 0.6) is 0 Å². The van der Waals surface area contributed by atoms with Crippen LogP contribution in [0, 0.1) is 13.8 Å². The van der Waals surface area contributed by atoms with Gasteiger partial charge in [0.1, 0.15) is 5.82 Å². The van der Waals surface area contributed by atoms with Crippen molar-refractivity contribution in [1.82, 2.24) is 15.3 Å². The van der Waals surface area contributed by atoms with E-state index in [-0.39, 0.29) is 0 Å². The molecule has 3 heteroatoms. The first-order valence-corrected chi connectivity index (χ1v) is 5.36. The van der Waals surface area contributed by atoms with Gasteiger partial charge in [0.05, 0.1) is 5.69 Å². The van der Waals surface area contributed by atoms with E-state index >= 15 is 0 Å². The van der Waals surface area contributed by atoms with Crippen molar-refractivity contribution in [3.63, 3.8) is 0 Å². The molecule has 0 saturated carbocycles. The Bertz CT molecular complexity index is 398. The average Bonchev–Trinajstić information content (AvgIpc) is 2.62. The molecule has 0 atom stereocenters. The van der Waals surface area contributed by atoms with Crippen molar-refractivity contribution in [2.24, 2.45) is 0 Å². The predicted octanol–water partition coefficient (Wildman–Crippen LogP) is 2.53. The van der Waals surface area contributed by atoms with Crippen LogP contribution >= 0.6 is 0 Å². The lowest BCUT2D eigenvalue weighted by Crippen LogP contribution is -1.89. The number of hydrogen-bond donors (Lipinski definition) is 2. The van der Waals surface area contributed by atoms with E-state index in [9.17, 15) is 0 Å². The minimum absolute atomic E-state index is 0.954. The highest BCUT2D eigenvalue weighted by Crippen LogP contribution is 2.16. The Morgan fingerprint density at radius 3 is 2.06 bits per heavy atom. The fourth-order valence-electron chi connectivity index (χ4n) is 1.28. The van der Waals surface area contributed by atoms with Crippen LogP contribution in [0.1, 0.15) is 11.4 Å². The summed E-state index contributed by atoms with van der Waals surface area (Å²) in [7, 11) is 3.75. The van der Waals surface area contributed by atoms with Crippen molar-refractivity contribution in [1.29, 1.82) is 0 Å². The monoisotopic (exact) mass is 217 g/mol. The molecule has 0 aliphatic rings. The molecular weight excluding hydrogens is 198 g/mol. The summed E-state index contributed by atoms with van der Waals surface area (Å²) in [5, 5.41) is 2.75. The van der Waals surface area contributed by atoms with E-state index in [4.69, 9.17) is 0 Å². The van der Waals surface area contributed by atoms with E-state index in [1.54, 1.807) is 0 Å². The minimum Gasteiger partial charge on any atom is -0.342 e. The van der Waals surface area contributed by atoms with E-state index in [1.165, 1.54) is 0 Å². The quantitative estimate of drug-likeness (QED) is 0.770. The first-order valence-electron chi connectivity index (χ1n) is 5.36. The summed E-state index contributed by atoms with van der Waals surface area (Å²) in [6.07, 6.45) is 0. The topological polar surface area (TPSA) is 40.7 Å².